The van der Waals surface area contributed by atoms with Crippen LogP contribution in [0.15, 0.2) is 12.1 Å². The van der Waals surface area contributed by atoms with Crippen molar-refractivity contribution in [2.75, 3.05) is 0 Å². The average Bonchev–Trinajstić information content (AvgIpc) is 2.70. The van der Waals surface area contributed by atoms with Crippen LogP contribution in [0, 0.1) is 17.7 Å². The van der Waals surface area contributed by atoms with Crippen LogP contribution in [-0.2, 0) is 16.0 Å². The van der Waals surface area contributed by atoms with Gasteiger partial charge >= 0.3 is 11.9 Å². The van der Waals surface area contributed by atoms with Crippen LogP contribution in [0.4, 0.5) is 4.39 Å². The SMILES string of the molecule is CCCCCC1CCC(C(=O)Oc2ccc3c(c2F)C(=O)OC(CC)C3)CC1. The summed E-state index contributed by atoms with van der Waals surface area (Å²) in [6, 6.07) is 3.14. The van der Waals surface area contributed by atoms with Crippen molar-refractivity contribution in [3.8, 4) is 5.75 Å². The number of halogens is 1. The number of benzene rings is 1. The summed E-state index contributed by atoms with van der Waals surface area (Å²) in [5.74, 6) is -1.50. The molecule has 1 aromatic carbocycles. The molecule has 0 aromatic heterocycles. The summed E-state index contributed by atoms with van der Waals surface area (Å²) in [6.45, 7) is 4.13. The lowest BCUT2D eigenvalue weighted by Gasteiger charge is -2.27. The highest BCUT2D eigenvalue weighted by molar-refractivity contribution is 5.93. The molecule has 0 spiro atoms. The molecule has 1 fully saturated rings. The Balaban J connectivity index is 1.60. The van der Waals surface area contributed by atoms with Gasteiger partial charge in [0.15, 0.2) is 11.6 Å². The summed E-state index contributed by atoms with van der Waals surface area (Å²) in [4.78, 5) is 24.7. The highest BCUT2D eigenvalue weighted by Crippen LogP contribution is 2.34. The van der Waals surface area contributed by atoms with Gasteiger partial charge in [0.05, 0.1) is 5.92 Å². The van der Waals surface area contributed by atoms with E-state index in [4.69, 9.17) is 9.47 Å². The Morgan fingerprint density at radius 2 is 1.93 bits per heavy atom. The van der Waals surface area contributed by atoms with E-state index in [1.807, 2.05) is 6.92 Å². The minimum atomic E-state index is -0.779. The van der Waals surface area contributed by atoms with Gasteiger partial charge in [-0.25, -0.2) is 9.18 Å². The van der Waals surface area contributed by atoms with Gasteiger partial charge in [0, 0.05) is 6.42 Å². The molecule has 1 atom stereocenters. The van der Waals surface area contributed by atoms with Crippen LogP contribution in [-0.4, -0.2) is 18.0 Å². The van der Waals surface area contributed by atoms with Crippen LogP contribution in [0.2, 0.25) is 0 Å². The zero-order valence-corrected chi connectivity index (χ0v) is 17.0. The number of esters is 2. The van der Waals surface area contributed by atoms with Crippen LogP contribution < -0.4 is 4.74 Å². The minimum absolute atomic E-state index is 0.0883. The number of unbranched alkanes of at least 4 members (excludes halogenated alkanes) is 2. The van der Waals surface area contributed by atoms with Crippen molar-refractivity contribution in [3.63, 3.8) is 0 Å². The van der Waals surface area contributed by atoms with Crippen molar-refractivity contribution < 1.29 is 23.5 Å². The van der Waals surface area contributed by atoms with Crippen molar-refractivity contribution in [2.24, 2.45) is 11.8 Å². The van der Waals surface area contributed by atoms with Gasteiger partial charge in [-0.05, 0) is 49.7 Å². The highest BCUT2D eigenvalue weighted by Gasteiger charge is 2.32. The van der Waals surface area contributed by atoms with Gasteiger partial charge in [0.1, 0.15) is 11.7 Å². The van der Waals surface area contributed by atoms with Gasteiger partial charge in [-0.2, -0.15) is 0 Å². The average molecular weight is 390 g/mol. The molecule has 3 rings (SSSR count). The van der Waals surface area contributed by atoms with E-state index >= 15 is 0 Å². The fourth-order valence-electron chi connectivity index (χ4n) is 4.35. The fourth-order valence-corrected chi connectivity index (χ4v) is 4.35. The zero-order valence-electron chi connectivity index (χ0n) is 17.0. The zero-order chi connectivity index (χ0) is 20.1. The Morgan fingerprint density at radius 3 is 2.61 bits per heavy atom. The van der Waals surface area contributed by atoms with E-state index in [0.717, 1.165) is 25.7 Å². The van der Waals surface area contributed by atoms with Gasteiger partial charge in [-0.3, -0.25) is 4.79 Å². The summed E-state index contributed by atoms with van der Waals surface area (Å²) in [5.41, 5.74) is 0.530. The number of hydrogen-bond donors (Lipinski definition) is 0. The quantitative estimate of drug-likeness (QED) is 0.345. The third-order valence-electron chi connectivity index (χ3n) is 6.18. The van der Waals surface area contributed by atoms with E-state index in [1.54, 1.807) is 6.07 Å². The molecule has 0 N–H and O–H groups in total. The molecule has 1 aliphatic heterocycles. The summed E-state index contributed by atoms with van der Waals surface area (Å²) in [6.07, 6.45) is 9.57. The summed E-state index contributed by atoms with van der Waals surface area (Å²) in [7, 11) is 0. The smallest absolute Gasteiger partial charge is 0.341 e. The molecule has 1 aromatic rings. The highest BCUT2D eigenvalue weighted by atomic mass is 19.1. The first kappa shape index (κ1) is 20.8. The number of hydrogen-bond acceptors (Lipinski definition) is 4. The van der Waals surface area contributed by atoms with E-state index < -0.39 is 11.8 Å². The van der Waals surface area contributed by atoms with Crippen molar-refractivity contribution in [1.82, 2.24) is 0 Å². The molecule has 0 saturated heterocycles. The second kappa shape index (κ2) is 9.53. The Kier molecular flexibility index (Phi) is 7.08. The van der Waals surface area contributed by atoms with Crippen molar-refractivity contribution in [2.45, 2.75) is 84.2 Å². The van der Waals surface area contributed by atoms with Crippen LogP contribution in [0.25, 0.3) is 0 Å². The number of cyclic esters (lactones) is 1. The Hall–Kier alpha value is -1.91. The maximum Gasteiger partial charge on any atom is 0.341 e. The number of carbonyl (C=O) groups excluding carboxylic acids is 2. The van der Waals surface area contributed by atoms with E-state index in [1.165, 1.54) is 31.7 Å². The van der Waals surface area contributed by atoms with Crippen molar-refractivity contribution >= 4 is 11.9 Å². The first-order chi connectivity index (χ1) is 13.5. The molecule has 0 amide bonds. The lowest BCUT2D eigenvalue weighted by molar-refractivity contribution is -0.140. The van der Waals surface area contributed by atoms with Crippen LogP contribution in [0.1, 0.15) is 87.6 Å². The molecule has 1 unspecified atom stereocenters. The normalized spacial score (nSPS) is 24.4. The summed E-state index contributed by atoms with van der Waals surface area (Å²) in [5, 5.41) is 0. The predicted octanol–water partition coefficient (Wildman–Crippen LogP) is 5.61. The van der Waals surface area contributed by atoms with Crippen molar-refractivity contribution in [1.29, 1.82) is 0 Å². The number of carbonyl (C=O) groups is 2. The van der Waals surface area contributed by atoms with E-state index in [2.05, 4.69) is 6.92 Å². The van der Waals surface area contributed by atoms with Gasteiger partial charge < -0.3 is 9.47 Å². The number of ether oxygens (including phenoxy) is 2. The molecular weight excluding hydrogens is 359 g/mol. The molecule has 0 radical (unpaired) electrons. The Bertz CT molecular complexity index is 707. The van der Waals surface area contributed by atoms with Gasteiger partial charge in [-0.15, -0.1) is 0 Å². The molecule has 1 aliphatic carbocycles. The first-order valence-corrected chi connectivity index (χ1v) is 10.8. The molecule has 28 heavy (non-hydrogen) atoms. The molecule has 5 heteroatoms. The molecule has 0 bridgehead atoms. The van der Waals surface area contributed by atoms with E-state index in [0.29, 0.717) is 24.3 Å². The molecule has 1 heterocycles. The third-order valence-corrected chi connectivity index (χ3v) is 6.18. The number of fused-ring (bicyclic) bond motifs is 1. The lowest BCUT2D eigenvalue weighted by atomic mass is 9.80. The molecule has 2 aliphatic rings. The molecule has 1 saturated carbocycles. The second-order valence-corrected chi connectivity index (χ2v) is 8.19. The fraction of sp³-hybridized carbons (Fsp3) is 0.652. The Labute approximate surface area is 166 Å². The molecular formula is C23H31FO4. The van der Waals surface area contributed by atoms with Crippen LogP contribution in [0.3, 0.4) is 0 Å². The summed E-state index contributed by atoms with van der Waals surface area (Å²) >= 11 is 0. The monoisotopic (exact) mass is 390 g/mol. The molecule has 4 nitrogen and oxygen atoms in total. The van der Waals surface area contributed by atoms with Crippen LogP contribution in [0.5, 0.6) is 5.75 Å². The van der Waals surface area contributed by atoms with E-state index in [-0.39, 0.29) is 29.3 Å². The largest absolute Gasteiger partial charge is 0.458 e. The molecule has 154 valence electrons. The second-order valence-electron chi connectivity index (χ2n) is 8.19. The van der Waals surface area contributed by atoms with Gasteiger partial charge in [-0.1, -0.05) is 45.6 Å². The van der Waals surface area contributed by atoms with Gasteiger partial charge in [0.25, 0.3) is 0 Å². The first-order valence-electron chi connectivity index (χ1n) is 10.8. The minimum Gasteiger partial charge on any atom is -0.458 e. The predicted molar refractivity (Wildman–Crippen MR) is 105 cm³/mol. The maximum absolute atomic E-state index is 14.8. The standard InChI is InChI=1S/C23H31FO4/c1-3-5-6-7-15-8-10-16(11-9-15)22(25)28-19-13-12-17-14-18(4-2)27-23(26)20(17)21(19)24/h12-13,15-16,18H,3-11,14H2,1-2H3. The topological polar surface area (TPSA) is 52.6 Å². The van der Waals surface area contributed by atoms with Crippen LogP contribution >= 0.6 is 0 Å². The third kappa shape index (κ3) is 4.73. The maximum atomic E-state index is 14.8. The Morgan fingerprint density at radius 1 is 1.18 bits per heavy atom. The van der Waals surface area contributed by atoms with E-state index in [9.17, 15) is 14.0 Å². The van der Waals surface area contributed by atoms with Gasteiger partial charge in [0.2, 0.25) is 0 Å². The summed E-state index contributed by atoms with van der Waals surface area (Å²) < 4.78 is 25.4. The van der Waals surface area contributed by atoms with Crippen molar-refractivity contribution in [3.05, 3.63) is 29.1 Å². The lowest BCUT2D eigenvalue weighted by Crippen LogP contribution is -2.29. The number of rotatable bonds is 7.